The van der Waals surface area contributed by atoms with Gasteiger partial charge in [-0.25, -0.2) is 8.42 Å². The lowest BCUT2D eigenvalue weighted by Gasteiger charge is -2.19. The van der Waals surface area contributed by atoms with Crippen LogP contribution in [0.5, 0.6) is 0 Å². The molecule has 17 heavy (non-hydrogen) atoms. The number of benzene rings is 1. The van der Waals surface area contributed by atoms with Gasteiger partial charge in [0.05, 0.1) is 10.1 Å². The molecular formula is C12H16ClNO2S. The summed E-state index contributed by atoms with van der Waals surface area (Å²) in [7, 11) is -1.42. The predicted octanol–water partition coefficient (Wildman–Crippen LogP) is 2.25. The molecule has 0 heterocycles. The fraction of sp³-hybridized carbons (Fsp3) is 0.500. The van der Waals surface area contributed by atoms with Crippen LogP contribution in [0, 0.1) is 0 Å². The van der Waals surface area contributed by atoms with Crippen LogP contribution in [-0.2, 0) is 9.84 Å². The first kappa shape index (κ1) is 12.9. The van der Waals surface area contributed by atoms with Gasteiger partial charge in [-0.3, -0.25) is 0 Å². The van der Waals surface area contributed by atoms with Crippen molar-refractivity contribution in [2.24, 2.45) is 0 Å². The van der Waals surface area contributed by atoms with E-state index in [9.17, 15) is 8.42 Å². The van der Waals surface area contributed by atoms with E-state index in [1.165, 1.54) is 0 Å². The Bertz CT molecular complexity index is 484. The molecule has 1 fully saturated rings. The van der Waals surface area contributed by atoms with E-state index in [-0.39, 0.29) is 11.3 Å². The Kier molecular flexibility index (Phi) is 3.76. The zero-order valence-electron chi connectivity index (χ0n) is 9.69. The second-order valence-corrected chi connectivity index (χ2v) is 6.97. The lowest BCUT2D eigenvalue weighted by atomic mass is 10.2. The van der Waals surface area contributed by atoms with Crippen LogP contribution < -0.4 is 5.32 Å². The Morgan fingerprint density at radius 3 is 2.47 bits per heavy atom. The number of sulfone groups is 1. The Balaban J connectivity index is 2.33. The minimum atomic E-state index is -3.24. The van der Waals surface area contributed by atoms with Crippen molar-refractivity contribution in [3.8, 4) is 0 Å². The van der Waals surface area contributed by atoms with Crippen LogP contribution in [0.4, 0.5) is 0 Å². The minimum Gasteiger partial charge on any atom is -0.316 e. The van der Waals surface area contributed by atoms with E-state index in [1.54, 1.807) is 24.3 Å². The van der Waals surface area contributed by atoms with Crippen molar-refractivity contribution in [3.63, 3.8) is 0 Å². The molecule has 0 spiro atoms. The van der Waals surface area contributed by atoms with Crippen molar-refractivity contribution in [1.29, 1.82) is 0 Å². The fourth-order valence-electron chi connectivity index (χ4n) is 2.43. The molecule has 94 valence electrons. The summed E-state index contributed by atoms with van der Waals surface area (Å²) in [5.74, 6) is 0. The monoisotopic (exact) mass is 273 g/mol. The van der Waals surface area contributed by atoms with Gasteiger partial charge in [0.25, 0.3) is 0 Å². The van der Waals surface area contributed by atoms with Crippen molar-refractivity contribution in [3.05, 3.63) is 29.3 Å². The van der Waals surface area contributed by atoms with Crippen LogP contribution >= 0.6 is 11.6 Å². The van der Waals surface area contributed by atoms with Gasteiger partial charge in [-0.1, -0.05) is 18.0 Å². The molecule has 0 saturated heterocycles. The molecule has 3 nitrogen and oxygen atoms in total. The van der Waals surface area contributed by atoms with E-state index >= 15 is 0 Å². The molecule has 1 aromatic rings. The molecule has 1 aromatic carbocycles. The molecule has 0 bridgehead atoms. The largest absolute Gasteiger partial charge is 0.316 e. The maximum Gasteiger partial charge on any atom is 0.182 e. The Hall–Kier alpha value is -0.580. The molecule has 0 amide bonds. The minimum absolute atomic E-state index is 0.0654. The number of hydrogen-bond donors (Lipinski definition) is 1. The van der Waals surface area contributed by atoms with Crippen LogP contribution in [0.1, 0.15) is 19.3 Å². The summed E-state index contributed by atoms with van der Waals surface area (Å²) in [6.07, 6.45) is 2.62. The highest BCUT2D eigenvalue weighted by molar-refractivity contribution is 7.92. The van der Waals surface area contributed by atoms with Crippen LogP contribution in [0.3, 0.4) is 0 Å². The van der Waals surface area contributed by atoms with Crippen LogP contribution in [0.2, 0.25) is 5.02 Å². The van der Waals surface area contributed by atoms with E-state index in [2.05, 4.69) is 5.32 Å². The first-order chi connectivity index (χ1) is 8.05. The van der Waals surface area contributed by atoms with Gasteiger partial charge >= 0.3 is 0 Å². The third-order valence-corrected chi connectivity index (χ3v) is 5.91. The van der Waals surface area contributed by atoms with Crippen molar-refractivity contribution in [2.75, 3.05) is 7.05 Å². The second kappa shape index (κ2) is 4.96. The number of hydrogen-bond acceptors (Lipinski definition) is 3. The normalized spacial score (nSPS) is 25.1. The highest BCUT2D eigenvalue weighted by Gasteiger charge is 2.37. The standard InChI is InChI=1S/C12H16ClNO2S/c1-14-11-3-2-4-12(11)17(15,16)10-7-5-9(13)6-8-10/h5-8,11-12,14H,2-4H2,1H3. The van der Waals surface area contributed by atoms with E-state index in [0.29, 0.717) is 9.92 Å². The quantitative estimate of drug-likeness (QED) is 0.919. The van der Waals surface area contributed by atoms with E-state index < -0.39 is 9.84 Å². The van der Waals surface area contributed by atoms with Crippen LogP contribution in [-0.4, -0.2) is 26.8 Å². The summed E-state index contributed by atoms with van der Waals surface area (Å²) in [6, 6.07) is 6.48. The molecule has 1 aliphatic carbocycles. The summed E-state index contributed by atoms with van der Waals surface area (Å²) in [6.45, 7) is 0. The van der Waals surface area contributed by atoms with E-state index in [4.69, 9.17) is 11.6 Å². The first-order valence-electron chi connectivity index (χ1n) is 5.72. The Morgan fingerprint density at radius 1 is 1.24 bits per heavy atom. The second-order valence-electron chi connectivity index (χ2n) is 4.36. The van der Waals surface area contributed by atoms with Crippen molar-refractivity contribution >= 4 is 21.4 Å². The SMILES string of the molecule is CNC1CCCC1S(=O)(=O)c1ccc(Cl)cc1. The molecule has 0 aromatic heterocycles. The lowest BCUT2D eigenvalue weighted by molar-refractivity contribution is 0.538. The van der Waals surface area contributed by atoms with Gasteiger partial charge in [0.1, 0.15) is 0 Å². The smallest absolute Gasteiger partial charge is 0.182 e. The molecule has 5 heteroatoms. The molecule has 1 aliphatic rings. The topological polar surface area (TPSA) is 46.2 Å². The third kappa shape index (κ3) is 2.49. The van der Waals surface area contributed by atoms with Gasteiger partial charge in [-0.2, -0.15) is 0 Å². The molecule has 0 radical (unpaired) electrons. The summed E-state index contributed by atoms with van der Waals surface area (Å²) in [5, 5.41) is 3.34. The maximum atomic E-state index is 12.4. The molecule has 2 atom stereocenters. The molecule has 1 saturated carbocycles. The average Bonchev–Trinajstić information content (AvgIpc) is 2.78. The number of rotatable bonds is 3. The fourth-order valence-corrected chi connectivity index (χ4v) is 4.60. The summed E-state index contributed by atoms with van der Waals surface area (Å²) in [5.41, 5.74) is 0. The zero-order valence-corrected chi connectivity index (χ0v) is 11.3. The summed E-state index contributed by atoms with van der Waals surface area (Å²) < 4.78 is 24.9. The van der Waals surface area contributed by atoms with Crippen molar-refractivity contribution in [2.45, 2.75) is 35.4 Å². The summed E-state index contributed by atoms with van der Waals surface area (Å²) in [4.78, 5) is 0.369. The Morgan fingerprint density at radius 2 is 1.88 bits per heavy atom. The maximum absolute atomic E-state index is 12.4. The lowest BCUT2D eigenvalue weighted by Crippen LogP contribution is -2.38. The molecule has 1 N–H and O–H groups in total. The van der Waals surface area contributed by atoms with Crippen LogP contribution in [0.25, 0.3) is 0 Å². The van der Waals surface area contributed by atoms with E-state index in [1.807, 2.05) is 7.05 Å². The van der Waals surface area contributed by atoms with Gasteiger partial charge < -0.3 is 5.32 Å². The highest BCUT2D eigenvalue weighted by atomic mass is 35.5. The zero-order chi connectivity index (χ0) is 12.5. The number of nitrogens with one attached hydrogen (secondary N) is 1. The van der Waals surface area contributed by atoms with Gasteiger partial charge in [-0.05, 0) is 44.2 Å². The van der Waals surface area contributed by atoms with Crippen molar-refractivity contribution < 1.29 is 8.42 Å². The highest BCUT2D eigenvalue weighted by Crippen LogP contribution is 2.30. The van der Waals surface area contributed by atoms with Gasteiger partial charge in [0.15, 0.2) is 9.84 Å². The summed E-state index contributed by atoms with van der Waals surface area (Å²) >= 11 is 5.77. The molecule has 2 rings (SSSR count). The average molecular weight is 274 g/mol. The third-order valence-electron chi connectivity index (χ3n) is 3.36. The van der Waals surface area contributed by atoms with Crippen LogP contribution in [0.15, 0.2) is 29.2 Å². The van der Waals surface area contributed by atoms with Gasteiger partial charge in [0.2, 0.25) is 0 Å². The Labute approximate surface area is 107 Å². The predicted molar refractivity (Wildman–Crippen MR) is 69.1 cm³/mol. The van der Waals surface area contributed by atoms with E-state index in [0.717, 1.165) is 19.3 Å². The molecule has 2 unspecified atom stereocenters. The molecular weight excluding hydrogens is 258 g/mol. The number of halogens is 1. The molecule has 0 aliphatic heterocycles. The first-order valence-corrected chi connectivity index (χ1v) is 7.65. The van der Waals surface area contributed by atoms with Crippen molar-refractivity contribution in [1.82, 2.24) is 5.32 Å². The van der Waals surface area contributed by atoms with Gasteiger partial charge in [-0.15, -0.1) is 0 Å². The van der Waals surface area contributed by atoms with Gasteiger partial charge in [0, 0.05) is 11.1 Å².